The van der Waals surface area contributed by atoms with Crippen LogP contribution in [0.1, 0.15) is 34.0 Å². The number of anilines is 1. The predicted molar refractivity (Wildman–Crippen MR) is 85.4 cm³/mol. The van der Waals surface area contributed by atoms with Gasteiger partial charge in [-0.1, -0.05) is 24.3 Å². The molecule has 3 rings (SSSR count). The summed E-state index contributed by atoms with van der Waals surface area (Å²) < 4.78 is 0. The van der Waals surface area contributed by atoms with Gasteiger partial charge < -0.3 is 10.2 Å². The lowest BCUT2D eigenvalue weighted by molar-refractivity contribution is 0.0750. The van der Waals surface area contributed by atoms with Crippen LogP contribution in [0.25, 0.3) is 0 Å². The first-order valence-electron chi connectivity index (χ1n) is 7.39. The van der Waals surface area contributed by atoms with Crippen molar-refractivity contribution in [2.24, 2.45) is 0 Å². The summed E-state index contributed by atoms with van der Waals surface area (Å²) >= 11 is 0. The molecule has 2 aromatic carbocycles. The third-order valence-electron chi connectivity index (χ3n) is 3.97. The largest absolute Gasteiger partial charge is 0.385 e. The van der Waals surface area contributed by atoms with Crippen molar-refractivity contribution in [3.8, 4) is 0 Å². The Morgan fingerprint density at radius 2 is 1.81 bits per heavy atom. The van der Waals surface area contributed by atoms with E-state index in [2.05, 4.69) is 24.4 Å². The molecule has 1 N–H and O–H groups in total. The summed E-state index contributed by atoms with van der Waals surface area (Å²) in [5.41, 5.74) is 5.40. The first-order valence-corrected chi connectivity index (χ1v) is 7.39. The van der Waals surface area contributed by atoms with Crippen LogP contribution in [0.3, 0.4) is 0 Å². The molecule has 1 amide bonds. The maximum Gasteiger partial charge on any atom is 0.254 e. The first kappa shape index (κ1) is 13.7. The van der Waals surface area contributed by atoms with Gasteiger partial charge in [0.1, 0.15) is 0 Å². The molecule has 21 heavy (non-hydrogen) atoms. The average molecular weight is 280 g/mol. The lowest BCUT2D eigenvalue weighted by Gasteiger charge is -2.17. The zero-order valence-electron chi connectivity index (χ0n) is 12.5. The topological polar surface area (TPSA) is 32.3 Å². The summed E-state index contributed by atoms with van der Waals surface area (Å²) in [5, 5.41) is 3.27. The SMILES string of the molecule is CCNc1ccc(C(=O)N2Cc3ccccc3C2)c(C)c1. The summed E-state index contributed by atoms with van der Waals surface area (Å²) in [4.78, 5) is 14.6. The number of rotatable bonds is 3. The second-order valence-corrected chi connectivity index (χ2v) is 5.49. The molecule has 108 valence electrons. The molecular weight excluding hydrogens is 260 g/mol. The van der Waals surface area contributed by atoms with Crippen LogP contribution in [0.4, 0.5) is 5.69 Å². The van der Waals surface area contributed by atoms with Gasteiger partial charge in [0.2, 0.25) is 0 Å². The van der Waals surface area contributed by atoms with Crippen molar-refractivity contribution >= 4 is 11.6 Å². The van der Waals surface area contributed by atoms with Crippen LogP contribution in [0, 0.1) is 6.92 Å². The molecule has 1 aliphatic heterocycles. The van der Waals surface area contributed by atoms with E-state index in [1.54, 1.807) is 0 Å². The number of amides is 1. The van der Waals surface area contributed by atoms with Gasteiger partial charge in [-0.2, -0.15) is 0 Å². The molecule has 0 spiro atoms. The normalized spacial score (nSPS) is 13.1. The third kappa shape index (κ3) is 2.64. The predicted octanol–water partition coefficient (Wildman–Crippen LogP) is 3.58. The van der Waals surface area contributed by atoms with Crippen LogP contribution in [0.2, 0.25) is 0 Å². The monoisotopic (exact) mass is 280 g/mol. The quantitative estimate of drug-likeness (QED) is 0.932. The fourth-order valence-corrected chi connectivity index (χ4v) is 2.86. The fraction of sp³-hybridized carbons (Fsp3) is 0.278. The minimum atomic E-state index is 0.117. The van der Waals surface area contributed by atoms with Crippen molar-refractivity contribution in [1.82, 2.24) is 4.90 Å². The maximum atomic E-state index is 12.7. The number of carbonyl (C=O) groups excluding carboxylic acids is 1. The lowest BCUT2D eigenvalue weighted by Crippen LogP contribution is -2.26. The number of nitrogens with one attached hydrogen (secondary N) is 1. The molecule has 0 saturated carbocycles. The summed E-state index contributed by atoms with van der Waals surface area (Å²) in [6.45, 7) is 6.37. The first-order chi connectivity index (χ1) is 10.2. The zero-order valence-corrected chi connectivity index (χ0v) is 12.5. The second-order valence-electron chi connectivity index (χ2n) is 5.49. The molecule has 1 heterocycles. The van der Waals surface area contributed by atoms with Gasteiger partial charge in [-0.25, -0.2) is 0 Å². The molecule has 0 radical (unpaired) electrons. The molecule has 0 aliphatic carbocycles. The summed E-state index contributed by atoms with van der Waals surface area (Å²) in [6.07, 6.45) is 0. The number of fused-ring (bicyclic) bond motifs is 1. The highest BCUT2D eigenvalue weighted by Crippen LogP contribution is 2.25. The van der Waals surface area contributed by atoms with Crippen LogP contribution in [-0.2, 0) is 13.1 Å². The summed E-state index contributed by atoms with van der Waals surface area (Å²) in [7, 11) is 0. The van der Waals surface area contributed by atoms with E-state index in [0.29, 0.717) is 13.1 Å². The van der Waals surface area contributed by atoms with Gasteiger partial charge in [-0.05, 0) is 48.7 Å². The lowest BCUT2D eigenvalue weighted by atomic mass is 10.1. The summed E-state index contributed by atoms with van der Waals surface area (Å²) in [5.74, 6) is 0.117. The van der Waals surface area contributed by atoms with E-state index in [4.69, 9.17) is 0 Å². The van der Waals surface area contributed by atoms with E-state index in [0.717, 1.165) is 23.4 Å². The molecule has 0 bridgehead atoms. The van der Waals surface area contributed by atoms with Crippen LogP contribution >= 0.6 is 0 Å². The Hall–Kier alpha value is -2.29. The Morgan fingerprint density at radius 1 is 1.14 bits per heavy atom. The Morgan fingerprint density at radius 3 is 2.38 bits per heavy atom. The van der Waals surface area contributed by atoms with E-state index in [1.165, 1.54) is 11.1 Å². The molecule has 1 aliphatic rings. The van der Waals surface area contributed by atoms with Crippen LogP contribution in [0.15, 0.2) is 42.5 Å². The Bertz CT molecular complexity index is 654. The van der Waals surface area contributed by atoms with Crippen molar-refractivity contribution in [3.05, 3.63) is 64.7 Å². The highest BCUT2D eigenvalue weighted by atomic mass is 16.2. The Kier molecular flexibility index (Phi) is 3.65. The van der Waals surface area contributed by atoms with Crippen LogP contribution in [0.5, 0.6) is 0 Å². The van der Waals surface area contributed by atoms with E-state index >= 15 is 0 Å². The van der Waals surface area contributed by atoms with Crippen molar-refractivity contribution in [1.29, 1.82) is 0 Å². The smallest absolute Gasteiger partial charge is 0.254 e. The number of hydrogen-bond acceptors (Lipinski definition) is 2. The van der Waals surface area contributed by atoms with Gasteiger partial charge in [0.25, 0.3) is 5.91 Å². The second kappa shape index (κ2) is 5.60. The van der Waals surface area contributed by atoms with Crippen LogP contribution < -0.4 is 5.32 Å². The molecular formula is C18H20N2O. The molecule has 0 atom stereocenters. The maximum absolute atomic E-state index is 12.7. The minimum absolute atomic E-state index is 0.117. The fourth-order valence-electron chi connectivity index (χ4n) is 2.86. The molecule has 0 aromatic heterocycles. The highest BCUT2D eigenvalue weighted by Gasteiger charge is 2.24. The van der Waals surface area contributed by atoms with Crippen LogP contribution in [-0.4, -0.2) is 17.4 Å². The molecule has 2 aromatic rings. The number of benzene rings is 2. The van der Waals surface area contributed by atoms with Crippen molar-refractivity contribution in [2.45, 2.75) is 26.9 Å². The number of nitrogens with zero attached hydrogens (tertiary/aromatic N) is 1. The number of carbonyl (C=O) groups is 1. The van der Waals surface area contributed by atoms with E-state index in [9.17, 15) is 4.79 Å². The Balaban J connectivity index is 1.81. The highest BCUT2D eigenvalue weighted by molar-refractivity contribution is 5.96. The van der Waals surface area contributed by atoms with Gasteiger partial charge in [0, 0.05) is 30.9 Å². The van der Waals surface area contributed by atoms with Crippen molar-refractivity contribution in [3.63, 3.8) is 0 Å². The molecule has 3 heteroatoms. The van der Waals surface area contributed by atoms with Gasteiger partial charge in [-0.3, -0.25) is 4.79 Å². The number of hydrogen-bond donors (Lipinski definition) is 1. The molecule has 0 fully saturated rings. The zero-order chi connectivity index (χ0) is 14.8. The third-order valence-corrected chi connectivity index (χ3v) is 3.97. The van der Waals surface area contributed by atoms with Gasteiger partial charge in [-0.15, -0.1) is 0 Å². The average Bonchev–Trinajstić information content (AvgIpc) is 2.91. The van der Waals surface area contributed by atoms with Gasteiger partial charge in [0.05, 0.1) is 0 Å². The minimum Gasteiger partial charge on any atom is -0.385 e. The van der Waals surface area contributed by atoms with Gasteiger partial charge in [0.15, 0.2) is 0 Å². The molecule has 0 saturated heterocycles. The van der Waals surface area contributed by atoms with E-state index in [1.807, 2.05) is 42.2 Å². The standard InChI is InChI=1S/C18H20N2O/c1-3-19-16-8-9-17(13(2)10-16)18(21)20-11-14-6-4-5-7-15(14)12-20/h4-10,19H,3,11-12H2,1-2H3. The number of aryl methyl sites for hydroxylation is 1. The molecule has 3 nitrogen and oxygen atoms in total. The van der Waals surface area contributed by atoms with Crippen molar-refractivity contribution < 1.29 is 4.79 Å². The van der Waals surface area contributed by atoms with E-state index in [-0.39, 0.29) is 5.91 Å². The molecule has 0 unspecified atom stereocenters. The Labute approximate surface area is 125 Å². The van der Waals surface area contributed by atoms with Gasteiger partial charge >= 0.3 is 0 Å². The van der Waals surface area contributed by atoms with E-state index < -0.39 is 0 Å². The van der Waals surface area contributed by atoms with Crippen molar-refractivity contribution in [2.75, 3.05) is 11.9 Å². The summed E-state index contributed by atoms with van der Waals surface area (Å²) in [6, 6.07) is 14.2.